The molecule has 0 radical (unpaired) electrons. The zero-order chi connectivity index (χ0) is 11.4. The Morgan fingerprint density at radius 3 is 2.67 bits per heavy atom. The Labute approximate surface area is 89.7 Å². The van der Waals surface area contributed by atoms with Crippen LogP contribution in [0.1, 0.15) is 20.3 Å². The van der Waals surface area contributed by atoms with Crippen LogP contribution >= 0.6 is 0 Å². The third kappa shape index (κ3) is 3.20. The normalized spacial score (nSPS) is 20.4. The molecule has 1 saturated heterocycles. The van der Waals surface area contributed by atoms with Gasteiger partial charge in [-0.1, -0.05) is 0 Å². The minimum absolute atomic E-state index is 0.0644. The maximum Gasteiger partial charge on any atom is 0.304 e. The van der Waals surface area contributed by atoms with Gasteiger partial charge in [-0.3, -0.25) is 14.5 Å². The van der Waals surface area contributed by atoms with Crippen LogP contribution in [0.5, 0.6) is 0 Å². The Balaban J connectivity index is 2.46. The lowest BCUT2D eigenvalue weighted by molar-refractivity contribution is -0.142. The number of piperazine rings is 1. The standard InChI is InChI=1S/C10H18N2O3/c1-3-11-4-5-12(7-9(11)13)8(2)6-10(14)15/h8H,3-7H2,1-2H3,(H,14,15). The monoisotopic (exact) mass is 214 g/mol. The van der Waals surface area contributed by atoms with Gasteiger partial charge in [0.1, 0.15) is 0 Å². The van der Waals surface area contributed by atoms with Crippen molar-refractivity contribution in [2.24, 2.45) is 0 Å². The van der Waals surface area contributed by atoms with Gasteiger partial charge < -0.3 is 10.0 Å². The molecule has 1 heterocycles. The van der Waals surface area contributed by atoms with Gasteiger partial charge >= 0.3 is 5.97 Å². The van der Waals surface area contributed by atoms with Crippen molar-refractivity contribution in [2.75, 3.05) is 26.2 Å². The van der Waals surface area contributed by atoms with Crippen LogP contribution in [0.2, 0.25) is 0 Å². The molecule has 0 aromatic rings. The van der Waals surface area contributed by atoms with Gasteiger partial charge in [-0.25, -0.2) is 0 Å². The van der Waals surface area contributed by atoms with Gasteiger partial charge in [-0.2, -0.15) is 0 Å². The highest BCUT2D eigenvalue weighted by Gasteiger charge is 2.26. The number of likely N-dealkylation sites (N-methyl/N-ethyl adjacent to an activating group) is 1. The molecule has 1 aliphatic rings. The van der Waals surface area contributed by atoms with Crippen molar-refractivity contribution in [3.8, 4) is 0 Å². The summed E-state index contributed by atoms with van der Waals surface area (Å²) in [4.78, 5) is 25.8. The van der Waals surface area contributed by atoms with E-state index in [2.05, 4.69) is 0 Å². The molecule has 0 aromatic heterocycles. The quantitative estimate of drug-likeness (QED) is 0.716. The smallest absolute Gasteiger partial charge is 0.304 e. The van der Waals surface area contributed by atoms with Crippen molar-refractivity contribution in [3.63, 3.8) is 0 Å². The number of carbonyl (C=O) groups is 2. The summed E-state index contributed by atoms with van der Waals surface area (Å²) >= 11 is 0. The van der Waals surface area contributed by atoms with Crippen molar-refractivity contribution >= 4 is 11.9 Å². The fourth-order valence-electron chi connectivity index (χ4n) is 1.82. The van der Waals surface area contributed by atoms with E-state index in [1.165, 1.54) is 0 Å². The highest BCUT2D eigenvalue weighted by Crippen LogP contribution is 2.09. The second-order valence-electron chi connectivity index (χ2n) is 3.89. The van der Waals surface area contributed by atoms with Crippen molar-refractivity contribution in [2.45, 2.75) is 26.3 Å². The van der Waals surface area contributed by atoms with E-state index in [1.54, 1.807) is 4.90 Å². The fourth-order valence-corrected chi connectivity index (χ4v) is 1.82. The largest absolute Gasteiger partial charge is 0.481 e. The summed E-state index contributed by atoms with van der Waals surface area (Å²) in [5, 5.41) is 8.66. The number of nitrogens with zero attached hydrogens (tertiary/aromatic N) is 2. The molecule has 1 aliphatic heterocycles. The molecule has 5 heteroatoms. The van der Waals surface area contributed by atoms with E-state index < -0.39 is 5.97 Å². The third-order valence-corrected chi connectivity index (χ3v) is 2.82. The van der Waals surface area contributed by atoms with Gasteiger partial charge in [0.2, 0.25) is 5.91 Å². The number of rotatable bonds is 4. The number of amides is 1. The zero-order valence-electron chi connectivity index (χ0n) is 9.27. The molecule has 0 saturated carbocycles. The van der Waals surface area contributed by atoms with Crippen LogP contribution in [0.4, 0.5) is 0 Å². The van der Waals surface area contributed by atoms with Crippen molar-refractivity contribution in [1.29, 1.82) is 0 Å². The van der Waals surface area contributed by atoms with E-state index in [0.29, 0.717) is 13.1 Å². The predicted octanol–water partition coefficient (Wildman–Crippen LogP) is 0.0137. The fraction of sp³-hybridized carbons (Fsp3) is 0.800. The Hall–Kier alpha value is -1.10. The minimum Gasteiger partial charge on any atom is -0.481 e. The second kappa shape index (κ2) is 5.11. The van der Waals surface area contributed by atoms with E-state index in [-0.39, 0.29) is 18.4 Å². The lowest BCUT2D eigenvalue weighted by Gasteiger charge is -2.36. The first kappa shape index (κ1) is 12.0. The van der Waals surface area contributed by atoms with Gasteiger partial charge in [0, 0.05) is 25.7 Å². The minimum atomic E-state index is -0.812. The molecular weight excluding hydrogens is 196 g/mol. The summed E-state index contributed by atoms with van der Waals surface area (Å²) in [5.74, 6) is -0.714. The van der Waals surface area contributed by atoms with Crippen LogP contribution in [-0.4, -0.2) is 59.0 Å². The van der Waals surface area contributed by atoms with Gasteiger partial charge in [0.25, 0.3) is 0 Å². The van der Waals surface area contributed by atoms with E-state index in [4.69, 9.17) is 5.11 Å². The average Bonchev–Trinajstić information content (AvgIpc) is 2.16. The van der Waals surface area contributed by atoms with Crippen LogP contribution in [-0.2, 0) is 9.59 Å². The SMILES string of the molecule is CCN1CCN(C(C)CC(=O)O)CC1=O. The molecule has 15 heavy (non-hydrogen) atoms. The number of carboxylic acids is 1. The highest BCUT2D eigenvalue weighted by atomic mass is 16.4. The summed E-state index contributed by atoms with van der Waals surface area (Å²) in [6, 6.07) is -0.0644. The molecule has 1 unspecified atom stereocenters. The van der Waals surface area contributed by atoms with Crippen LogP contribution in [0, 0.1) is 0 Å². The molecule has 1 fully saturated rings. The van der Waals surface area contributed by atoms with Crippen molar-refractivity contribution < 1.29 is 14.7 Å². The Morgan fingerprint density at radius 2 is 2.20 bits per heavy atom. The number of aliphatic carboxylic acids is 1. The predicted molar refractivity (Wildman–Crippen MR) is 55.5 cm³/mol. The van der Waals surface area contributed by atoms with Gasteiger partial charge in [0.05, 0.1) is 13.0 Å². The molecule has 0 aliphatic carbocycles. The Kier molecular flexibility index (Phi) is 4.08. The number of hydrogen-bond acceptors (Lipinski definition) is 3. The van der Waals surface area contributed by atoms with Crippen LogP contribution in [0.3, 0.4) is 0 Å². The van der Waals surface area contributed by atoms with E-state index in [0.717, 1.165) is 13.1 Å². The molecule has 5 nitrogen and oxygen atoms in total. The zero-order valence-corrected chi connectivity index (χ0v) is 9.27. The first-order valence-corrected chi connectivity index (χ1v) is 5.28. The topological polar surface area (TPSA) is 60.9 Å². The molecule has 86 valence electrons. The van der Waals surface area contributed by atoms with Crippen LogP contribution in [0.15, 0.2) is 0 Å². The van der Waals surface area contributed by atoms with Crippen molar-refractivity contribution in [1.82, 2.24) is 9.80 Å². The summed E-state index contributed by atoms with van der Waals surface area (Å²) in [7, 11) is 0. The maximum absolute atomic E-state index is 11.6. The molecule has 0 spiro atoms. The second-order valence-corrected chi connectivity index (χ2v) is 3.89. The van der Waals surface area contributed by atoms with E-state index >= 15 is 0 Å². The van der Waals surface area contributed by atoms with Gasteiger partial charge in [-0.15, -0.1) is 0 Å². The first-order valence-electron chi connectivity index (χ1n) is 5.28. The number of hydrogen-bond donors (Lipinski definition) is 1. The summed E-state index contributed by atoms with van der Waals surface area (Å²) in [6.45, 7) is 6.37. The molecular formula is C10H18N2O3. The maximum atomic E-state index is 11.6. The first-order chi connectivity index (χ1) is 7.04. The highest BCUT2D eigenvalue weighted by molar-refractivity contribution is 5.79. The summed E-state index contributed by atoms with van der Waals surface area (Å²) < 4.78 is 0. The molecule has 1 N–H and O–H groups in total. The van der Waals surface area contributed by atoms with E-state index in [1.807, 2.05) is 18.7 Å². The van der Waals surface area contributed by atoms with Gasteiger partial charge in [0.15, 0.2) is 0 Å². The lowest BCUT2D eigenvalue weighted by Crippen LogP contribution is -2.53. The lowest BCUT2D eigenvalue weighted by atomic mass is 10.1. The van der Waals surface area contributed by atoms with Crippen LogP contribution < -0.4 is 0 Å². The number of carbonyl (C=O) groups excluding carboxylic acids is 1. The van der Waals surface area contributed by atoms with Crippen molar-refractivity contribution in [3.05, 3.63) is 0 Å². The van der Waals surface area contributed by atoms with Gasteiger partial charge in [-0.05, 0) is 13.8 Å². The Morgan fingerprint density at radius 1 is 1.53 bits per heavy atom. The number of carboxylic acid groups (broad SMARTS) is 1. The van der Waals surface area contributed by atoms with Crippen LogP contribution in [0.25, 0.3) is 0 Å². The average molecular weight is 214 g/mol. The third-order valence-electron chi connectivity index (χ3n) is 2.82. The van der Waals surface area contributed by atoms with E-state index in [9.17, 15) is 9.59 Å². The molecule has 1 rings (SSSR count). The molecule has 0 aromatic carbocycles. The molecule has 1 amide bonds. The summed E-state index contributed by atoms with van der Waals surface area (Å²) in [5.41, 5.74) is 0. The Bertz CT molecular complexity index is 255. The summed E-state index contributed by atoms with van der Waals surface area (Å²) in [6.07, 6.45) is 0.0966. The molecule has 1 atom stereocenters. The molecule has 0 bridgehead atoms.